The van der Waals surface area contributed by atoms with Gasteiger partial charge in [-0.15, -0.1) is 0 Å². The average molecular weight is 342 g/mol. The molecule has 1 aliphatic carbocycles. The molecule has 0 aliphatic heterocycles. The summed E-state index contributed by atoms with van der Waals surface area (Å²) in [6.45, 7) is 0.760. The van der Waals surface area contributed by atoms with Gasteiger partial charge in [0.1, 0.15) is 0 Å². The van der Waals surface area contributed by atoms with Crippen LogP contribution in [0, 0.1) is 0 Å². The molecule has 1 saturated carbocycles. The first kappa shape index (κ1) is 15.1. The lowest BCUT2D eigenvalue weighted by Gasteiger charge is -2.31. The first-order valence-corrected chi connectivity index (χ1v) is 7.61. The molecular weight excluding hydrogens is 322 g/mol. The Morgan fingerprint density at radius 3 is 2.65 bits per heavy atom. The summed E-state index contributed by atoms with van der Waals surface area (Å²) in [6.07, 6.45) is 4.82. The van der Waals surface area contributed by atoms with Crippen LogP contribution < -0.4 is 10.6 Å². The number of hydrogen-bond acceptors (Lipinski definition) is 4. The predicted octanol–water partition coefficient (Wildman–Crippen LogP) is 2.28. The van der Waals surface area contributed by atoms with Gasteiger partial charge >= 0.3 is 0 Å². The summed E-state index contributed by atoms with van der Waals surface area (Å²) in [7, 11) is 0. The van der Waals surface area contributed by atoms with Crippen molar-refractivity contribution in [3.63, 3.8) is 0 Å². The van der Waals surface area contributed by atoms with Crippen molar-refractivity contribution < 1.29 is 10.3 Å². The molecule has 0 atom stereocenters. The molecule has 1 aromatic carbocycles. The van der Waals surface area contributed by atoms with Crippen molar-refractivity contribution in [2.45, 2.75) is 31.7 Å². The molecule has 5 nitrogen and oxygen atoms in total. The van der Waals surface area contributed by atoms with Crippen LogP contribution in [0.15, 0.2) is 27.8 Å². The lowest BCUT2D eigenvalue weighted by molar-refractivity contribution is 0.297. The van der Waals surface area contributed by atoms with E-state index in [-0.39, 0.29) is 12.4 Å². The minimum Gasteiger partial charge on any atom is -0.409 e. The highest BCUT2D eigenvalue weighted by atomic mass is 79.9. The Bertz CT molecular complexity index is 487. The zero-order chi connectivity index (χ0) is 14.5. The number of halogens is 1. The monoisotopic (exact) mass is 341 g/mol. The molecule has 0 spiro atoms. The zero-order valence-electron chi connectivity index (χ0n) is 11.3. The summed E-state index contributed by atoms with van der Waals surface area (Å²) in [5.41, 5.74) is 7.33. The second-order valence-corrected chi connectivity index (χ2v) is 5.86. The number of aliphatic hydroxyl groups excluding tert-OH is 1. The maximum atomic E-state index is 9.28. The summed E-state index contributed by atoms with van der Waals surface area (Å²) in [6, 6.07) is 6.23. The molecular formula is C14H20BrN3O2. The van der Waals surface area contributed by atoms with Gasteiger partial charge in [0.15, 0.2) is 5.84 Å². The van der Waals surface area contributed by atoms with E-state index < -0.39 is 0 Å². The summed E-state index contributed by atoms with van der Waals surface area (Å²) in [4.78, 5) is 2.24. The predicted molar refractivity (Wildman–Crippen MR) is 83.3 cm³/mol. The van der Waals surface area contributed by atoms with Crippen LogP contribution in [0.4, 0.5) is 5.69 Å². The Balaban J connectivity index is 2.27. The third-order valence-electron chi connectivity index (χ3n) is 3.77. The first-order chi connectivity index (χ1) is 9.67. The van der Waals surface area contributed by atoms with Crippen LogP contribution in [0.2, 0.25) is 0 Å². The first-order valence-electron chi connectivity index (χ1n) is 6.82. The van der Waals surface area contributed by atoms with Crippen LogP contribution in [0.25, 0.3) is 0 Å². The van der Waals surface area contributed by atoms with Crippen molar-refractivity contribution >= 4 is 27.5 Å². The van der Waals surface area contributed by atoms with Crippen molar-refractivity contribution in [2.24, 2.45) is 10.9 Å². The maximum absolute atomic E-state index is 9.28. The molecule has 0 heterocycles. The summed E-state index contributed by atoms with van der Waals surface area (Å²) in [5.74, 6) is 0.0815. The molecule has 0 unspecified atom stereocenters. The van der Waals surface area contributed by atoms with Crippen molar-refractivity contribution in [1.29, 1.82) is 0 Å². The number of rotatable bonds is 5. The van der Waals surface area contributed by atoms with Gasteiger partial charge in [-0.2, -0.15) is 0 Å². The Kier molecular flexibility index (Phi) is 5.25. The molecule has 1 aliphatic rings. The summed E-state index contributed by atoms with van der Waals surface area (Å²) >= 11 is 3.46. The van der Waals surface area contributed by atoms with Gasteiger partial charge in [-0.3, -0.25) is 0 Å². The topological polar surface area (TPSA) is 82.1 Å². The van der Waals surface area contributed by atoms with E-state index in [1.54, 1.807) is 0 Å². The zero-order valence-corrected chi connectivity index (χ0v) is 12.9. The van der Waals surface area contributed by atoms with E-state index in [2.05, 4.69) is 26.0 Å². The maximum Gasteiger partial charge on any atom is 0.171 e. The van der Waals surface area contributed by atoms with Crippen molar-refractivity contribution in [2.75, 3.05) is 18.1 Å². The van der Waals surface area contributed by atoms with Gasteiger partial charge in [0.25, 0.3) is 0 Å². The van der Waals surface area contributed by atoms with Crippen LogP contribution in [-0.2, 0) is 0 Å². The van der Waals surface area contributed by atoms with E-state index in [0.717, 1.165) is 10.2 Å². The normalized spacial score (nSPS) is 16.6. The number of benzene rings is 1. The van der Waals surface area contributed by atoms with E-state index in [9.17, 15) is 5.11 Å². The third kappa shape index (κ3) is 3.24. The summed E-state index contributed by atoms with van der Waals surface area (Å²) < 4.78 is 0.784. The fourth-order valence-electron chi connectivity index (χ4n) is 2.79. The molecule has 2 rings (SSSR count). The van der Waals surface area contributed by atoms with Gasteiger partial charge in [-0.25, -0.2) is 0 Å². The van der Waals surface area contributed by atoms with Crippen LogP contribution in [0.1, 0.15) is 31.2 Å². The molecule has 0 radical (unpaired) electrons. The number of nitrogens with two attached hydrogens (primary N) is 1. The van der Waals surface area contributed by atoms with Crippen LogP contribution in [-0.4, -0.2) is 35.3 Å². The second kappa shape index (κ2) is 6.95. The van der Waals surface area contributed by atoms with Crippen LogP contribution in [0.3, 0.4) is 0 Å². The number of aliphatic hydroxyl groups is 1. The fourth-order valence-corrected chi connectivity index (χ4v) is 3.36. The lowest BCUT2D eigenvalue weighted by Crippen LogP contribution is -2.35. The Labute approximate surface area is 127 Å². The van der Waals surface area contributed by atoms with Gasteiger partial charge in [-0.1, -0.05) is 18.0 Å². The SMILES string of the molecule is N/C(=N/O)c1ccc(N(CCO)C2CCCC2)cc1Br. The average Bonchev–Trinajstić information content (AvgIpc) is 2.97. The van der Waals surface area contributed by atoms with Gasteiger partial charge in [0.2, 0.25) is 0 Å². The minimum atomic E-state index is 0.0815. The van der Waals surface area contributed by atoms with E-state index in [1.165, 1.54) is 25.7 Å². The Hall–Kier alpha value is -1.27. The lowest BCUT2D eigenvalue weighted by atomic mass is 10.1. The molecule has 110 valence electrons. The number of oxime groups is 1. The third-order valence-corrected chi connectivity index (χ3v) is 4.43. The highest BCUT2D eigenvalue weighted by Gasteiger charge is 2.23. The number of anilines is 1. The number of hydrogen-bond donors (Lipinski definition) is 3. The largest absolute Gasteiger partial charge is 0.409 e. The highest BCUT2D eigenvalue weighted by Crippen LogP contribution is 2.30. The molecule has 4 N–H and O–H groups in total. The molecule has 0 bridgehead atoms. The van der Waals surface area contributed by atoms with Gasteiger partial charge in [0.05, 0.1) is 6.61 Å². The smallest absolute Gasteiger partial charge is 0.171 e. The van der Waals surface area contributed by atoms with Crippen molar-refractivity contribution in [3.05, 3.63) is 28.2 Å². The molecule has 0 aromatic heterocycles. The van der Waals surface area contributed by atoms with Gasteiger partial charge < -0.3 is 20.9 Å². The van der Waals surface area contributed by atoms with Gasteiger partial charge in [0, 0.05) is 28.3 Å². The van der Waals surface area contributed by atoms with Crippen molar-refractivity contribution in [1.82, 2.24) is 0 Å². The number of amidine groups is 1. The molecule has 20 heavy (non-hydrogen) atoms. The molecule has 6 heteroatoms. The molecule has 1 fully saturated rings. The highest BCUT2D eigenvalue weighted by molar-refractivity contribution is 9.10. The minimum absolute atomic E-state index is 0.0815. The Morgan fingerprint density at radius 2 is 2.10 bits per heavy atom. The fraction of sp³-hybridized carbons (Fsp3) is 0.500. The van der Waals surface area contributed by atoms with Crippen LogP contribution >= 0.6 is 15.9 Å². The van der Waals surface area contributed by atoms with Crippen LogP contribution in [0.5, 0.6) is 0 Å². The molecule has 0 saturated heterocycles. The van der Waals surface area contributed by atoms with E-state index in [4.69, 9.17) is 10.9 Å². The van der Waals surface area contributed by atoms with E-state index in [1.807, 2.05) is 18.2 Å². The second-order valence-electron chi connectivity index (χ2n) is 5.00. The van der Waals surface area contributed by atoms with Gasteiger partial charge in [-0.05, 0) is 47.0 Å². The van der Waals surface area contributed by atoms with E-state index >= 15 is 0 Å². The number of nitrogens with zero attached hydrogens (tertiary/aromatic N) is 2. The molecule has 0 amide bonds. The molecule has 1 aromatic rings. The van der Waals surface area contributed by atoms with E-state index in [0.29, 0.717) is 18.2 Å². The quantitative estimate of drug-likeness (QED) is 0.332. The Morgan fingerprint density at radius 1 is 1.40 bits per heavy atom. The standard InChI is InChI=1S/C14H20BrN3O2/c15-13-9-11(5-6-12(13)14(16)17-20)18(7-8-19)10-3-1-2-4-10/h5-6,9-10,19-20H,1-4,7-8H2,(H2,16,17). The summed E-state index contributed by atoms with van der Waals surface area (Å²) in [5, 5.41) is 21.0. The van der Waals surface area contributed by atoms with Crippen molar-refractivity contribution in [3.8, 4) is 0 Å².